The molecule has 0 saturated heterocycles. The summed E-state index contributed by atoms with van der Waals surface area (Å²) in [5.74, 6) is 0.0976. The van der Waals surface area contributed by atoms with Gasteiger partial charge in [-0.15, -0.1) is 0 Å². The van der Waals surface area contributed by atoms with Crippen LogP contribution in [-0.2, 0) is 6.54 Å². The predicted octanol–water partition coefficient (Wildman–Crippen LogP) is 2.59. The Hall–Kier alpha value is -1.33. The van der Waals surface area contributed by atoms with E-state index in [2.05, 4.69) is 42.2 Å². The van der Waals surface area contributed by atoms with Gasteiger partial charge in [0.1, 0.15) is 0 Å². The first kappa shape index (κ1) is 11.7. The highest BCUT2D eigenvalue weighted by molar-refractivity contribution is 5.21. The summed E-state index contributed by atoms with van der Waals surface area (Å²) in [5, 5.41) is 8.71. The van der Waals surface area contributed by atoms with Crippen LogP contribution in [0.3, 0.4) is 0 Å². The first-order chi connectivity index (χ1) is 7.11. The van der Waals surface area contributed by atoms with Crippen LogP contribution in [0.15, 0.2) is 24.3 Å². The zero-order chi connectivity index (χ0) is 11.3. The van der Waals surface area contributed by atoms with Crippen LogP contribution in [0.2, 0.25) is 0 Å². The SMILES string of the molecule is Cc1ccc(CN(C)CC(C)C#N)cc1. The fourth-order valence-electron chi connectivity index (χ4n) is 1.58. The summed E-state index contributed by atoms with van der Waals surface area (Å²) in [6.45, 7) is 5.77. The minimum absolute atomic E-state index is 0.0976. The molecule has 0 aliphatic rings. The first-order valence-electron chi connectivity index (χ1n) is 5.25. The van der Waals surface area contributed by atoms with Crippen molar-refractivity contribution >= 4 is 0 Å². The van der Waals surface area contributed by atoms with E-state index in [0.717, 1.165) is 13.1 Å². The third-order valence-corrected chi connectivity index (χ3v) is 2.38. The summed E-state index contributed by atoms with van der Waals surface area (Å²) in [4.78, 5) is 2.18. The molecule has 1 atom stereocenters. The molecule has 0 N–H and O–H groups in total. The van der Waals surface area contributed by atoms with Gasteiger partial charge >= 0.3 is 0 Å². The molecule has 0 amide bonds. The third-order valence-electron chi connectivity index (χ3n) is 2.38. The molecule has 1 aromatic rings. The average molecular weight is 202 g/mol. The highest BCUT2D eigenvalue weighted by Crippen LogP contribution is 2.07. The molecule has 1 unspecified atom stereocenters. The Kier molecular flexibility index (Phi) is 4.33. The van der Waals surface area contributed by atoms with Gasteiger partial charge in [0.2, 0.25) is 0 Å². The maximum Gasteiger partial charge on any atom is 0.0666 e. The lowest BCUT2D eigenvalue weighted by molar-refractivity contribution is 0.303. The van der Waals surface area contributed by atoms with Gasteiger partial charge in [-0.2, -0.15) is 5.26 Å². The molecular formula is C13H18N2. The topological polar surface area (TPSA) is 27.0 Å². The molecule has 0 spiro atoms. The van der Waals surface area contributed by atoms with Gasteiger partial charge in [0.05, 0.1) is 12.0 Å². The third kappa shape index (κ3) is 4.14. The van der Waals surface area contributed by atoms with Crippen molar-refractivity contribution < 1.29 is 0 Å². The molecule has 80 valence electrons. The molecule has 15 heavy (non-hydrogen) atoms. The molecule has 0 aliphatic carbocycles. The van der Waals surface area contributed by atoms with Crippen molar-refractivity contribution in [1.82, 2.24) is 4.90 Å². The van der Waals surface area contributed by atoms with E-state index in [9.17, 15) is 0 Å². The van der Waals surface area contributed by atoms with Gasteiger partial charge in [-0.1, -0.05) is 29.8 Å². The Morgan fingerprint density at radius 1 is 1.33 bits per heavy atom. The summed E-state index contributed by atoms with van der Waals surface area (Å²) in [7, 11) is 2.05. The monoisotopic (exact) mass is 202 g/mol. The second-order valence-electron chi connectivity index (χ2n) is 4.21. The van der Waals surface area contributed by atoms with Crippen LogP contribution < -0.4 is 0 Å². The summed E-state index contributed by atoms with van der Waals surface area (Å²) < 4.78 is 0. The van der Waals surface area contributed by atoms with Crippen LogP contribution in [0.5, 0.6) is 0 Å². The lowest BCUT2D eigenvalue weighted by Crippen LogP contribution is -2.23. The van der Waals surface area contributed by atoms with E-state index in [0.29, 0.717) is 0 Å². The van der Waals surface area contributed by atoms with Crippen LogP contribution in [-0.4, -0.2) is 18.5 Å². The van der Waals surface area contributed by atoms with Gasteiger partial charge in [-0.05, 0) is 26.5 Å². The lowest BCUT2D eigenvalue weighted by atomic mass is 10.1. The molecule has 0 saturated carbocycles. The van der Waals surface area contributed by atoms with Gasteiger partial charge in [0, 0.05) is 13.1 Å². The smallest absolute Gasteiger partial charge is 0.0666 e. The van der Waals surface area contributed by atoms with Crippen molar-refractivity contribution in [2.24, 2.45) is 5.92 Å². The van der Waals surface area contributed by atoms with Crippen molar-refractivity contribution in [3.8, 4) is 6.07 Å². The Bertz CT molecular complexity index is 335. The highest BCUT2D eigenvalue weighted by atomic mass is 15.1. The van der Waals surface area contributed by atoms with Crippen molar-refractivity contribution in [2.75, 3.05) is 13.6 Å². The van der Waals surface area contributed by atoms with Crippen LogP contribution in [0.4, 0.5) is 0 Å². The number of nitrogens with zero attached hydrogens (tertiary/aromatic N) is 2. The van der Waals surface area contributed by atoms with E-state index in [1.807, 2.05) is 14.0 Å². The second-order valence-corrected chi connectivity index (χ2v) is 4.21. The molecule has 0 bridgehead atoms. The van der Waals surface area contributed by atoms with Gasteiger partial charge in [0.15, 0.2) is 0 Å². The van der Waals surface area contributed by atoms with Crippen LogP contribution in [0.1, 0.15) is 18.1 Å². The van der Waals surface area contributed by atoms with E-state index < -0.39 is 0 Å². The van der Waals surface area contributed by atoms with E-state index in [1.165, 1.54) is 11.1 Å². The molecule has 2 nitrogen and oxygen atoms in total. The van der Waals surface area contributed by atoms with Gasteiger partial charge < -0.3 is 4.90 Å². The molecule has 0 fully saturated rings. The van der Waals surface area contributed by atoms with E-state index in [1.54, 1.807) is 0 Å². The zero-order valence-electron chi connectivity index (χ0n) is 9.70. The molecule has 1 rings (SSSR count). The number of rotatable bonds is 4. The van der Waals surface area contributed by atoms with Gasteiger partial charge in [0.25, 0.3) is 0 Å². The van der Waals surface area contributed by atoms with Crippen LogP contribution >= 0.6 is 0 Å². The number of hydrogen-bond acceptors (Lipinski definition) is 2. The summed E-state index contributed by atoms with van der Waals surface area (Å²) in [6.07, 6.45) is 0. The lowest BCUT2D eigenvalue weighted by Gasteiger charge is -2.17. The summed E-state index contributed by atoms with van der Waals surface area (Å²) in [6, 6.07) is 10.8. The van der Waals surface area contributed by atoms with Crippen molar-refractivity contribution in [1.29, 1.82) is 5.26 Å². The molecule has 0 heterocycles. The minimum atomic E-state index is 0.0976. The average Bonchev–Trinajstić information content (AvgIpc) is 2.21. The minimum Gasteiger partial charge on any atom is -0.301 e. The molecular weight excluding hydrogens is 184 g/mol. The predicted molar refractivity (Wildman–Crippen MR) is 62.3 cm³/mol. The first-order valence-corrected chi connectivity index (χ1v) is 5.25. The normalized spacial score (nSPS) is 12.5. The Balaban J connectivity index is 2.48. The van der Waals surface area contributed by atoms with Crippen molar-refractivity contribution in [2.45, 2.75) is 20.4 Å². The quantitative estimate of drug-likeness (QED) is 0.750. The largest absolute Gasteiger partial charge is 0.301 e. The Morgan fingerprint density at radius 3 is 2.47 bits per heavy atom. The van der Waals surface area contributed by atoms with Gasteiger partial charge in [-0.3, -0.25) is 0 Å². The van der Waals surface area contributed by atoms with E-state index in [-0.39, 0.29) is 5.92 Å². The number of benzene rings is 1. The standard InChI is InChI=1S/C13H18N2/c1-11-4-6-13(7-5-11)10-15(3)9-12(2)8-14/h4-7,12H,9-10H2,1-3H3. The molecule has 0 aromatic heterocycles. The van der Waals surface area contributed by atoms with Crippen LogP contribution in [0.25, 0.3) is 0 Å². The summed E-state index contributed by atoms with van der Waals surface area (Å²) in [5.41, 5.74) is 2.58. The highest BCUT2D eigenvalue weighted by Gasteiger charge is 2.05. The number of aryl methyl sites for hydroxylation is 1. The van der Waals surface area contributed by atoms with Crippen molar-refractivity contribution in [3.05, 3.63) is 35.4 Å². The zero-order valence-corrected chi connectivity index (χ0v) is 9.70. The Labute approximate surface area is 92.1 Å². The Morgan fingerprint density at radius 2 is 1.93 bits per heavy atom. The maximum absolute atomic E-state index is 8.71. The number of hydrogen-bond donors (Lipinski definition) is 0. The maximum atomic E-state index is 8.71. The van der Waals surface area contributed by atoms with E-state index in [4.69, 9.17) is 5.26 Å². The fourth-order valence-corrected chi connectivity index (χ4v) is 1.58. The van der Waals surface area contributed by atoms with Gasteiger partial charge in [-0.25, -0.2) is 0 Å². The van der Waals surface area contributed by atoms with Crippen molar-refractivity contribution in [3.63, 3.8) is 0 Å². The molecule has 1 aromatic carbocycles. The number of nitriles is 1. The van der Waals surface area contributed by atoms with E-state index >= 15 is 0 Å². The fraction of sp³-hybridized carbons (Fsp3) is 0.462. The molecule has 2 heteroatoms. The molecule has 0 radical (unpaired) electrons. The second kappa shape index (κ2) is 5.53. The molecule has 0 aliphatic heterocycles. The van der Waals surface area contributed by atoms with Crippen LogP contribution in [0, 0.1) is 24.2 Å². The summed E-state index contributed by atoms with van der Waals surface area (Å²) >= 11 is 0.